The Labute approximate surface area is 126 Å². The minimum absolute atomic E-state index is 0.361. The quantitative estimate of drug-likeness (QED) is 0.929. The number of benzene rings is 2. The van der Waals surface area contributed by atoms with Gasteiger partial charge in [-0.05, 0) is 54.3 Å². The Hall–Kier alpha value is -1.58. The number of ether oxygens (including phenoxy) is 2. The van der Waals surface area contributed by atoms with Crippen LogP contribution in [-0.4, -0.2) is 26.4 Å². The van der Waals surface area contributed by atoms with Gasteiger partial charge in [0, 0.05) is 25.3 Å². The van der Waals surface area contributed by atoms with E-state index < -0.39 is 0 Å². The van der Waals surface area contributed by atoms with Gasteiger partial charge >= 0.3 is 0 Å². The molecule has 3 nitrogen and oxygen atoms in total. The van der Waals surface area contributed by atoms with Crippen molar-refractivity contribution >= 4 is 10.8 Å². The molecule has 0 saturated carbocycles. The van der Waals surface area contributed by atoms with Crippen molar-refractivity contribution in [3.63, 3.8) is 0 Å². The van der Waals surface area contributed by atoms with E-state index in [1.54, 1.807) is 7.11 Å². The molecule has 2 aromatic carbocycles. The molecule has 0 radical (unpaired) electrons. The first-order valence-corrected chi connectivity index (χ1v) is 7.68. The van der Waals surface area contributed by atoms with E-state index in [0.29, 0.717) is 12.1 Å². The summed E-state index contributed by atoms with van der Waals surface area (Å²) in [6, 6.07) is 13.8. The molecule has 1 fully saturated rings. The van der Waals surface area contributed by atoms with Crippen LogP contribution in [0.2, 0.25) is 0 Å². The van der Waals surface area contributed by atoms with E-state index in [0.717, 1.165) is 31.8 Å². The van der Waals surface area contributed by atoms with Gasteiger partial charge in [0.25, 0.3) is 0 Å². The predicted molar refractivity (Wildman–Crippen MR) is 85.9 cm³/mol. The van der Waals surface area contributed by atoms with Crippen molar-refractivity contribution in [2.75, 3.05) is 20.3 Å². The molecule has 0 aromatic heterocycles. The number of hydrogen-bond donors (Lipinski definition) is 1. The first kappa shape index (κ1) is 14.4. The second-order valence-electron chi connectivity index (χ2n) is 5.75. The minimum Gasteiger partial charge on any atom is -0.497 e. The fourth-order valence-corrected chi connectivity index (χ4v) is 2.95. The lowest BCUT2D eigenvalue weighted by Crippen LogP contribution is -2.36. The van der Waals surface area contributed by atoms with E-state index in [1.165, 1.54) is 16.3 Å². The van der Waals surface area contributed by atoms with Gasteiger partial charge in [-0.1, -0.05) is 18.2 Å². The Kier molecular flexibility index (Phi) is 4.42. The molecule has 0 spiro atoms. The first-order valence-electron chi connectivity index (χ1n) is 7.68. The van der Waals surface area contributed by atoms with Crippen LogP contribution in [0.4, 0.5) is 0 Å². The maximum atomic E-state index is 5.41. The van der Waals surface area contributed by atoms with Gasteiger partial charge in [0.15, 0.2) is 0 Å². The number of nitrogens with one attached hydrogen (secondary N) is 1. The fourth-order valence-electron chi connectivity index (χ4n) is 2.95. The molecule has 3 heteroatoms. The summed E-state index contributed by atoms with van der Waals surface area (Å²) < 4.78 is 10.7. The zero-order valence-electron chi connectivity index (χ0n) is 12.8. The van der Waals surface area contributed by atoms with E-state index in [2.05, 4.69) is 42.6 Å². The van der Waals surface area contributed by atoms with Crippen LogP contribution in [0.5, 0.6) is 5.75 Å². The molecule has 1 N–H and O–H groups in total. The van der Waals surface area contributed by atoms with Crippen LogP contribution in [0.3, 0.4) is 0 Å². The molecule has 1 saturated heterocycles. The summed E-state index contributed by atoms with van der Waals surface area (Å²) in [6.45, 7) is 3.99. The standard InChI is InChI=1S/C18H23NO2/c1-13(19-17-7-9-21-10-8-17)14-3-4-16-12-18(20-2)6-5-15(16)11-14/h3-6,11-13,17,19H,7-10H2,1-2H3. The Balaban J connectivity index is 1.76. The normalized spacial score (nSPS) is 17.8. The lowest BCUT2D eigenvalue weighted by Gasteiger charge is -2.27. The van der Waals surface area contributed by atoms with Crippen molar-refractivity contribution in [3.8, 4) is 5.75 Å². The molecule has 1 atom stereocenters. The summed E-state index contributed by atoms with van der Waals surface area (Å²) in [5.74, 6) is 0.906. The van der Waals surface area contributed by atoms with Crippen molar-refractivity contribution in [1.82, 2.24) is 5.32 Å². The SMILES string of the molecule is COc1ccc2cc(C(C)NC3CCOCC3)ccc2c1. The number of fused-ring (bicyclic) bond motifs is 1. The number of methoxy groups -OCH3 is 1. The summed E-state index contributed by atoms with van der Waals surface area (Å²) in [4.78, 5) is 0. The van der Waals surface area contributed by atoms with Gasteiger partial charge in [-0.3, -0.25) is 0 Å². The monoisotopic (exact) mass is 285 g/mol. The smallest absolute Gasteiger partial charge is 0.119 e. The topological polar surface area (TPSA) is 30.5 Å². The molecule has 112 valence electrons. The summed E-state index contributed by atoms with van der Waals surface area (Å²) in [5, 5.41) is 6.19. The molecular weight excluding hydrogens is 262 g/mol. The molecule has 0 aliphatic carbocycles. The van der Waals surface area contributed by atoms with Crippen LogP contribution in [0.25, 0.3) is 10.8 Å². The maximum absolute atomic E-state index is 5.41. The molecule has 0 amide bonds. The third-order valence-corrected chi connectivity index (χ3v) is 4.28. The van der Waals surface area contributed by atoms with Crippen LogP contribution in [0, 0.1) is 0 Å². The molecule has 0 bridgehead atoms. The van der Waals surface area contributed by atoms with Gasteiger partial charge in [-0.15, -0.1) is 0 Å². The highest BCUT2D eigenvalue weighted by molar-refractivity contribution is 5.84. The Bertz CT molecular complexity index is 605. The van der Waals surface area contributed by atoms with E-state index >= 15 is 0 Å². The number of hydrogen-bond acceptors (Lipinski definition) is 3. The average molecular weight is 285 g/mol. The first-order chi connectivity index (χ1) is 10.3. The largest absolute Gasteiger partial charge is 0.497 e. The molecule has 1 aliphatic rings. The number of rotatable bonds is 4. The lowest BCUT2D eigenvalue weighted by molar-refractivity contribution is 0.0754. The highest BCUT2D eigenvalue weighted by Gasteiger charge is 2.16. The van der Waals surface area contributed by atoms with E-state index in [-0.39, 0.29) is 0 Å². The lowest BCUT2D eigenvalue weighted by atomic mass is 10.0. The van der Waals surface area contributed by atoms with Gasteiger partial charge < -0.3 is 14.8 Å². The van der Waals surface area contributed by atoms with Gasteiger partial charge in [0.05, 0.1) is 7.11 Å². The third-order valence-electron chi connectivity index (χ3n) is 4.28. The predicted octanol–water partition coefficient (Wildman–Crippen LogP) is 3.68. The Morgan fingerprint density at radius 2 is 1.81 bits per heavy atom. The Morgan fingerprint density at radius 1 is 1.10 bits per heavy atom. The van der Waals surface area contributed by atoms with Crippen molar-refractivity contribution in [1.29, 1.82) is 0 Å². The second kappa shape index (κ2) is 6.46. The van der Waals surface area contributed by atoms with Gasteiger partial charge in [-0.2, -0.15) is 0 Å². The van der Waals surface area contributed by atoms with Gasteiger partial charge in [0.1, 0.15) is 5.75 Å². The summed E-state index contributed by atoms with van der Waals surface area (Å²) >= 11 is 0. The third kappa shape index (κ3) is 3.36. The molecular formula is C18H23NO2. The molecule has 1 unspecified atom stereocenters. The molecule has 1 aliphatic heterocycles. The summed E-state index contributed by atoms with van der Waals surface area (Å²) in [5.41, 5.74) is 1.33. The molecule has 2 aromatic rings. The van der Waals surface area contributed by atoms with Gasteiger partial charge in [0.2, 0.25) is 0 Å². The molecule has 1 heterocycles. The summed E-state index contributed by atoms with van der Waals surface area (Å²) in [7, 11) is 1.70. The summed E-state index contributed by atoms with van der Waals surface area (Å²) in [6.07, 6.45) is 2.21. The van der Waals surface area contributed by atoms with Crippen molar-refractivity contribution in [2.45, 2.75) is 31.8 Å². The maximum Gasteiger partial charge on any atom is 0.119 e. The fraction of sp³-hybridized carbons (Fsp3) is 0.444. The Morgan fingerprint density at radius 3 is 2.57 bits per heavy atom. The second-order valence-corrected chi connectivity index (χ2v) is 5.75. The van der Waals surface area contributed by atoms with E-state index in [4.69, 9.17) is 9.47 Å². The highest BCUT2D eigenvalue weighted by atomic mass is 16.5. The van der Waals surface area contributed by atoms with Crippen molar-refractivity contribution in [3.05, 3.63) is 42.0 Å². The van der Waals surface area contributed by atoms with E-state index in [9.17, 15) is 0 Å². The molecule has 3 rings (SSSR count). The molecule has 21 heavy (non-hydrogen) atoms. The van der Waals surface area contributed by atoms with Crippen LogP contribution >= 0.6 is 0 Å². The minimum atomic E-state index is 0.361. The van der Waals surface area contributed by atoms with Crippen LogP contribution in [0.15, 0.2) is 36.4 Å². The van der Waals surface area contributed by atoms with Crippen LogP contribution in [-0.2, 0) is 4.74 Å². The highest BCUT2D eigenvalue weighted by Crippen LogP contribution is 2.25. The van der Waals surface area contributed by atoms with Crippen molar-refractivity contribution in [2.24, 2.45) is 0 Å². The average Bonchev–Trinajstić information content (AvgIpc) is 2.54. The van der Waals surface area contributed by atoms with Gasteiger partial charge in [-0.25, -0.2) is 0 Å². The van der Waals surface area contributed by atoms with E-state index in [1.807, 2.05) is 6.07 Å². The zero-order valence-corrected chi connectivity index (χ0v) is 12.8. The van der Waals surface area contributed by atoms with Crippen LogP contribution in [0.1, 0.15) is 31.4 Å². The van der Waals surface area contributed by atoms with Crippen LogP contribution < -0.4 is 10.1 Å². The van der Waals surface area contributed by atoms with Crippen molar-refractivity contribution < 1.29 is 9.47 Å². The zero-order chi connectivity index (χ0) is 14.7.